The SMILES string of the molecule is CC(C)Cc1nc(-c2ccncc2)c(-c2ccc(Cl)cc2)c(=O)[nH]1. The summed E-state index contributed by atoms with van der Waals surface area (Å²) < 4.78 is 0. The summed E-state index contributed by atoms with van der Waals surface area (Å²) in [4.78, 5) is 24.4. The molecule has 3 rings (SSSR count). The lowest BCUT2D eigenvalue weighted by Gasteiger charge is -2.12. The van der Waals surface area contributed by atoms with Gasteiger partial charge in [0.2, 0.25) is 0 Å². The van der Waals surface area contributed by atoms with Gasteiger partial charge in [0, 0.05) is 29.4 Å². The van der Waals surface area contributed by atoms with Gasteiger partial charge in [-0.1, -0.05) is 37.6 Å². The zero-order valence-electron chi connectivity index (χ0n) is 13.6. The second kappa shape index (κ2) is 6.97. The number of H-pyrrole nitrogens is 1. The highest BCUT2D eigenvalue weighted by Crippen LogP contribution is 2.28. The van der Waals surface area contributed by atoms with E-state index in [1.54, 1.807) is 24.5 Å². The van der Waals surface area contributed by atoms with Gasteiger partial charge < -0.3 is 4.98 Å². The number of aromatic nitrogens is 3. The lowest BCUT2D eigenvalue weighted by Crippen LogP contribution is -2.17. The highest BCUT2D eigenvalue weighted by atomic mass is 35.5. The predicted octanol–water partition coefficient (Wildman–Crippen LogP) is 4.35. The van der Waals surface area contributed by atoms with Crippen molar-refractivity contribution in [2.75, 3.05) is 0 Å². The van der Waals surface area contributed by atoms with Crippen molar-refractivity contribution in [3.8, 4) is 22.4 Å². The van der Waals surface area contributed by atoms with E-state index in [-0.39, 0.29) is 5.56 Å². The quantitative estimate of drug-likeness (QED) is 0.768. The molecule has 0 spiro atoms. The molecule has 0 aliphatic rings. The number of rotatable bonds is 4. The largest absolute Gasteiger partial charge is 0.310 e. The molecule has 4 nitrogen and oxygen atoms in total. The van der Waals surface area contributed by atoms with E-state index in [9.17, 15) is 4.79 Å². The second-order valence-corrected chi connectivity index (χ2v) is 6.51. The van der Waals surface area contributed by atoms with Gasteiger partial charge in [-0.15, -0.1) is 0 Å². The third-order valence-electron chi connectivity index (χ3n) is 3.66. The van der Waals surface area contributed by atoms with Crippen LogP contribution in [0.3, 0.4) is 0 Å². The molecule has 0 saturated carbocycles. The molecule has 0 amide bonds. The Hall–Kier alpha value is -2.46. The van der Waals surface area contributed by atoms with E-state index in [0.29, 0.717) is 34.4 Å². The Bertz CT molecular complexity index is 887. The zero-order valence-corrected chi connectivity index (χ0v) is 14.3. The summed E-state index contributed by atoms with van der Waals surface area (Å²) in [5, 5.41) is 0.630. The lowest BCUT2D eigenvalue weighted by atomic mass is 10.0. The molecule has 0 atom stereocenters. The van der Waals surface area contributed by atoms with Crippen LogP contribution in [0.2, 0.25) is 5.02 Å². The Morgan fingerprint density at radius 1 is 1.04 bits per heavy atom. The van der Waals surface area contributed by atoms with Crippen LogP contribution in [-0.4, -0.2) is 15.0 Å². The van der Waals surface area contributed by atoms with Crippen molar-refractivity contribution < 1.29 is 0 Å². The molecule has 0 bridgehead atoms. The molecule has 122 valence electrons. The fraction of sp³-hybridized carbons (Fsp3) is 0.211. The van der Waals surface area contributed by atoms with Crippen LogP contribution in [0.15, 0.2) is 53.6 Å². The Kier molecular flexibility index (Phi) is 4.76. The van der Waals surface area contributed by atoms with Crippen LogP contribution < -0.4 is 5.56 Å². The molecule has 1 N–H and O–H groups in total. The Morgan fingerprint density at radius 3 is 2.33 bits per heavy atom. The molecule has 24 heavy (non-hydrogen) atoms. The molecule has 2 aromatic heterocycles. The third-order valence-corrected chi connectivity index (χ3v) is 3.91. The molecule has 0 aliphatic heterocycles. The maximum Gasteiger partial charge on any atom is 0.259 e. The Labute approximate surface area is 145 Å². The Balaban J connectivity index is 2.23. The third kappa shape index (κ3) is 3.54. The molecular weight excluding hydrogens is 322 g/mol. The van der Waals surface area contributed by atoms with Crippen molar-refractivity contribution in [3.05, 3.63) is 70.0 Å². The molecule has 0 unspecified atom stereocenters. The van der Waals surface area contributed by atoms with Crippen LogP contribution in [0.25, 0.3) is 22.4 Å². The molecule has 0 fully saturated rings. The van der Waals surface area contributed by atoms with Crippen LogP contribution in [0, 0.1) is 5.92 Å². The van der Waals surface area contributed by atoms with E-state index < -0.39 is 0 Å². The molecule has 0 aliphatic carbocycles. The fourth-order valence-corrected chi connectivity index (χ4v) is 2.73. The first-order chi connectivity index (χ1) is 11.5. The molecule has 2 heterocycles. The van der Waals surface area contributed by atoms with Gasteiger partial charge in [-0.2, -0.15) is 0 Å². The van der Waals surface area contributed by atoms with Crippen molar-refractivity contribution in [2.24, 2.45) is 5.92 Å². The summed E-state index contributed by atoms with van der Waals surface area (Å²) >= 11 is 5.97. The summed E-state index contributed by atoms with van der Waals surface area (Å²) in [6, 6.07) is 10.9. The molecule has 0 saturated heterocycles. The van der Waals surface area contributed by atoms with Gasteiger partial charge in [-0.25, -0.2) is 4.98 Å². The lowest BCUT2D eigenvalue weighted by molar-refractivity contribution is 0.619. The van der Waals surface area contributed by atoms with Crippen LogP contribution in [0.1, 0.15) is 19.7 Å². The highest BCUT2D eigenvalue weighted by molar-refractivity contribution is 6.30. The van der Waals surface area contributed by atoms with Gasteiger partial charge in [-0.05, 0) is 35.7 Å². The van der Waals surface area contributed by atoms with Crippen molar-refractivity contribution in [3.63, 3.8) is 0 Å². The van der Waals surface area contributed by atoms with E-state index in [2.05, 4.69) is 23.8 Å². The molecular formula is C19H18ClN3O. The zero-order chi connectivity index (χ0) is 17.1. The van der Waals surface area contributed by atoms with Gasteiger partial charge in [-0.3, -0.25) is 9.78 Å². The van der Waals surface area contributed by atoms with Gasteiger partial charge in [0.1, 0.15) is 5.82 Å². The number of hydrogen-bond acceptors (Lipinski definition) is 3. The first-order valence-corrected chi connectivity index (χ1v) is 8.22. The number of halogens is 1. The molecule has 0 radical (unpaired) electrons. The van der Waals surface area contributed by atoms with Crippen LogP contribution in [0.5, 0.6) is 0 Å². The summed E-state index contributed by atoms with van der Waals surface area (Å²) in [6.07, 6.45) is 4.12. The van der Waals surface area contributed by atoms with Crippen molar-refractivity contribution in [1.29, 1.82) is 0 Å². The van der Waals surface area contributed by atoms with Gasteiger partial charge in [0.15, 0.2) is 0 Å². The van der Waals surface area contributed by atoms with Gasteiger partial charge >= 0.3 is 0 Å². The minimum absolute atomic E-state index is 0.144. The summed E-state index contributed by atoms with van der Waals surface area (Å²) in [5.41, 5.74) is 2.72. The maximum atomic E-state index is 12.8. The molecule has 5 heteroatoms. The van der Waals surface area contributed by atoms with Gasteiger partial charge in [0.25, 0.3) is 5.56 Å². The number of nitrogens with one attached hydrogen (secondary N) is 1. The van der Waals surface area contributed by atoms with Crippen molar-refractivity contribution >= 4 is 11.6 Å². The van der Waals surface area contributed by atoms with E-state index in [4.69, 9.17) is 16.6 Å². The second-order valence-electron chi connectivity index (χ2n) is 6.08. The highest BCUT2D eigenvalue weighted by Gasteiger charge is 2.16. The van der Waals surface area contributed by atoms with E-state index in [1.807, 2.05) is 24.3 Å². The molecule has 3 aromatic rings. The average Bonchev–Trinajstić information content (AvgIpc) is 2.56. The number of nitrogens with zero attached hydrogens (tertiary/aromatic N) is 2. The van der Waals surface area contributed by atoms with Crippen molar-refractivity contribution in [1.82, 2.24) is 15.0 Å². The first kappa shape index (κ1) is 16.4. The smallest absolute Gasteiger partial charge is 0.259 e. The maximum absolute atomic E-state index is 12.8. The number of pyridine rings is 1. The van der Waals surface area contributed by atoms with Crippen LogP contribution in [-0.2, 0) is 6.42 Å². The summed E-state index contributed by atoms with van der Waals surface area (Å²) in [6.45, 7) is 4.19. The van der Waals surface area contributed by atoms with E-state index in [1.165, 1.54) is 0 Å². The number of hydrogen-bond donors (Lipinski definition) is 1. The van der Waals surface area contributed by atoms with Crippen LogP contribution >= 0.6 is 11.6 Å². The average molecular weight is 340 g/mol. The minimum Gasteiger partial charge on any atom is -0.310 e. The number of benzene rings is 1. The van der Waals surface area contributed by atoms with Crippen molar-refractivity contribution in [2.45, 2.75) is 20.3 Å². The predicted molar refractivity (Wildman–Crippen MR) is 97.1 cm³/mol. The summed E-state index contributed by atoms with van der Waals surface area (Å²) in [7, 11) is 0. The topological polar surface area (TPSA) is 58.6 Å². The summed E-state index contributed by atoms with van der Waals surface area (Å²) in [5.74, 6) is 1.10. The molecule has 1 aromatic carbocycles. The van der Waals surface area contributed by atoms with Gasteiger partial charge in [0.05, 0.1) is 11.3 Å². The number of aromatic amines is 1. The van der Waals surface area contributed by atoms with Crippen LogP contribution in [0.4, 0.5) is 0 Å². The Morgan fingerprint density at radius 2 is 1.71 bits per heavy atom. The minimum atomic E-state index is -0.144. The van der Waals surface area contributed by atoms with E-state index in [0.717, 1.165) is 11.1 Å². The fourth-order valence-electron chi connectivity index (χ4n) is 2.61. The van der Waals surface area contributed by atoms with E-state index >= 15 is 0 Å². The standard InChI is InChI=1S/C19H18ClN3O/c1-12(2)11-16-22-18(14-7-9-21-10-8-14)17(19(24)23-16)13-3-5-15(20)6-4-13/h3-10,12H,11H2,1-2H3,(H,22,23,24). The normalized spacial score (nSPS) is 11.0. The monoisotopic (exact) mass is 339 g/mol. The first-order valence-electron chi connectivity index (χ1n) is 7.84.